The fourth-order valence-corrected chi connectivity index (χ4v) is 4.30. The molecule has 0 fully saturated rings. The molecular formula is C21H22N2O6S. The van der Waals surface area contributed by atoms with Gasteiger partial charge in [-0.2, -0.15) is 8.42 Å². The zero-order valence-electron chi connectivity index (χ0n) is 16.6. The van der Waals surface area contributed by atoms with Gasteiger partial charge in [-0.1, -0.05) is 30.3 Å². The number of hydrogen-bond donors (Lipinski definition) is 2. The van der Waals surface area contributed by atoms with Gasteiger partial charge in [0.05, 0.1) is 24.1 Å². The van der Waals surface area contributed by atoms with Crippen LogP contribution in [0.4, 0.5) is 10.5 Å². The summed E-state index contributed by atoms with van der Waals surface area (Å²) >= 11 is 0. The van der Waals surface area contributed by atoms with Gasteiger partial charge >= 0.3 is 6.09 Å². The number of H-pyrrole nitrogens is 1. The van der Waals surface area contributed by atoms with E-state index in [-0.39, 0.29) is 13.2 Å². The molecule has 0 radical (unpaired) electrons. The Kier molecular flexibility index (Phi) is 5.17. The van der Waals surface area contributed by atoms with Crippen molar-refractivity contribution in [2.24, 2.45) is 0 Å². The zero-order chi connectivity index (χ0) is 21.5. The molecule has 1 aliphatic rings. The second kappa shape index (κ2) is 7.66. The lowest BCUT2D eigenvalue weighted by atomic mass is 9.96. The van der Waals surface area contributed by atoms with Gasteiger partial charge in [0.1, 0.15) is 12.4 Å². The Morgan fingerprint density at radius 1 is 1.30 bits per heavy atom. The highest BCUT2D eigenvalue weighted by Crippen LogP contribution is 2.46. The van der Waals surface area contributed by atoms with Gasteiger partial charge in [-0.15, -0.1) is 0 Å². The van der Waals surface area contributed by atoms with E-state index in [4.69, 9.17) is 8.92 Å². The second-order valence-corrected chi connectivity index (χ2v) is 9.03. The number of fused-ring (bicyclic) bond motifs is 3. The molecule has 1 amide bonds. The van der Waals surface area contributed by atoms with Gasteiger partial charge in [0.2, 0.25) is 0 Å². The van der Waals surface area contributed by atoms with Crippen molar-refractivity contribution in [2.75, 3.05) is 24.3 Å². The lowest BCUT2D eigenvalue weighted by molar-refractivity contribution is 0.201. The van der Waals surface area contributed by atoms with Crippen LogP contribution in [0, 0.1) is 6.92 Å². The fraction of sp³-hybridized carbons (Fsp3) is 0.286. The summed E-state index contributed by atoms with van der Waals surface area (Å²) in [5.41, 5.74) is 3.90. The minimum Gasteiger partial charge on any atom is -0.487 e. The first kappa shape index (κ1) is 20.2. The second-order valence-electron chi connectivity index (χ2n) is 7.38. The molecule has 0 bridgehead atoms. The van der Waals surface area contributed by atoms with Gasteiger partial charge in [-0.3, -0.25) is 9.08 Å². The molecule has 0 saturated heterocycles. The maximum atomic E-state index is 11.9. The minimum atomic E-state index is -3.65. The molecule has 1 unspecified atom stereocenters. The number of benzene rings is 2. The first-order chi connectivity index (χ1) is 14.2. The molecule has 1 aliphatic heterocycles. The van der Waals surface area contributed by atoms with Crippen molar-refractivity contribution >= 4 is 32.8 Å². The van der Waals surface area contributed by atoms with Gasteiger partial charge < -0.3 is 14.8 Å². The van der Waals surface area contributed by atoms with E-state index in [0.717, 1.165) is 33.8 Å². The number of aromatic amines is 1. The largest absolute Gasteiger partial charge is 0.487 e. The highest BCUT2D eigenvalue weighted by Gasteiger charge is 2.36. The summed E-state index contributed by atoms with van der Waals surface area (Å²) in [6, 6.07) is 11.4. The van der Waals surface area contributed by atoms with E-state index in [9.17, 15) is 18.3 Å². The fourth-order valence-electron chi connectivity index (χ4n) is 3.88. The van der Waals surface area contributed by atoms with Crippen LogP contribution in [0.1, 0.15) is 22.6 Å². The molecule has 4 rings (SSSR count). The smallest absolute Gasteiger partial charge is 0.411 e. The van der Waals surface area contributed by atoms with E-state index in [0.29, 0.717) is 18.0 Å². The molecular weight excluding hydrogens is 408 g/mol. The molecule has 2 heterocycles. The molecule has 9 heteroatoms. The van der Waals surface area contributed by atoms with Crippen LogP contribution in [0.25, 0.3) is 10.9 Å². The van der Waals surface area contributed by atoms with Crippen LogP contribution >= 0.6 is 0 Å². The third-order valence-electron chi connectivity index (χ3n) is 5.19. The van der Waals surface area contributed by atoms with E-state index in [1.165, 1.54) is 4.90 Å². The van der Waals surface area contributed by atoms with Crippen molar-refractivity contribution in [3.8, 4) is 5.75 Å². The molecule has 3 aromatic rings. The first-order valence-corrected chi connectivity index (χ1v) is 11.2. The minimum absolute atomic E-state index is 0.113. The van der Waals surface area contributed by atoms with E-state index in [2.05, 4.69) is 4.98 Å². The van der Waals surface area contributed by atoms with Crippen molar-refractivity contribution in [1.29, 1.82) is 0 Å². The lowest BCUT2D eigenvalue weighted by Gasteiger charge is -2.16. The molecule has 158 valence electrons. The Hall–Kier alpha value is -3.04. The number of rotatable bonds is 6. The summed E-state index contributed by atoms with van der Waals surface area (Å²) in [5, 5.41) is 10.5. The van der Waals surface area contributed by atoms with Crippen LogP contribution in [0.15, 0.2) is 42.6 Å². The Balaban J connectivity index is 1.78. The van der Waals surface area contributed by atoms with Crippen molar-refractivity contribution < 1.29 is 27.2 Å². The number of anilines is 1. The van der Waals surface area contributed by atoms with Crippen molar-refractivity contribution in [3.63, 3.8) is 0 Å². The van der Waals surface area contributed by atoms with E-state index in [1.807, 2.05) is 43.5 Å². The van der Waals surface area contributed by atoms with Gasteiger partial charge in [-0.25, -0.2) is 4.79 Å². The van der Waals surface area contributed by atoms with Crippen molar-refractivity contribution in [2.45, 2.75) is 19.4 Å². The first-order valence-electron chi connectivity index (χ1n) is 9.41. The summed E-state index contributed by atoms with van der Waals surface area (Å²) in [4.78, 5) is 16.3. The van der Waals surface area contributed by atoms with Crippen LogP contribution in [-0.4, -0.2) is 44.0 Å². The number of carboxylic acid groups (broad SMARTS) is 1. The standard InChI is InChI=1S/C21H22N2O6S/c1-13-9-22-20-17(28-11-14-6-4-3-5-7-14)8-16-19(18(13)20)15(10-23(16)21(24)25)12-29-30(2,26)27/h3-9,15,22H,10-12H2,1-2H3,(H,24,25). The molecule has 8 nitrogen and oxygen atoms in total. The van der Waals surface area contributed by atoms with E-state index < -0.39 is 22.1 Å². The van der Waals surface area contributed by atoms with E-state index in [1.54, 1.807) is 6.07 Å². The molecule has 0 spiro atoms. The molecule has 1 atom stereocenters. The van der Waals surface area contributed by atoms with Crippen LogP contribution in [0.3, 0.4) is 0 Å². The zero-order valence-corrected chi connectivity index (χ0v) is 17.4. The summed E-state index contributed by atoms with van der Waals surface area (Å²) in [6.45, 7) is 2.24. The number of nitrogens with zero attached hydrogens (tertiary/aromatic N) is 1. The Bertz CT molecular complexity index is 1200. The maximum Gasteiger partial charge on any atom is 0.411 e. The SMILES string of the molecule is Cc1c[nH]c2c(OCc3ccccc3)cc3c(c12)C(COS(C)(=O)=O)CN3C(=O)O. The lowest BCUT2D eigenvalue weighted by Crippen LogP contribution is -2.29. The van der Waals surface area contributed by atoms with Crippen LogP contribution in [0.2, 0.25) is 0 Å². The molecule has 0 saturated carbocycles. The topological polar surface area (TPSA) is 109 Å². The summed E-state index contributed by atoms with van der Waals surface area (Å²) < 4.78 is 34.0. The third-order valence-corrected chi connectivity index (χ3v) is 5.75. The third kappa shape index (κ3) is 3.86. The maximum absolute atomic E-state index is 11.9. The van der Waals surface area contributed by atoms with Crippen LogP contribution in [0.5, 0.6) is 5.75 Å². The number of ether oxygens (including phenoxy) is 1. The van der Waals surface area contributed by atoms with Crippen LogP contribution in [-0.2, 0) is 20.9 Å². The molecule has 2 N–H and O–H groups in total. The Morgan fingerprint density at radius 3 is 2.70 bits per heavy atom. The highest BCUT2D eigenvalue weighted by atomic mass is 32.2. The summed E-state index contributed by atoms with van der Waals surface area (Å²) in [6.07, 6.45) is 1.70. The number of amides is 1. The average molecular weight is 430 g/mol. The predicted molar refractivity (Wildman–Crippen MR) is 113 cm³/mol. The normalized spacial score (nSPS) is 16.1. The predicted octanol–water partition coefficient (Wildman–Crippen LogP) is 3.61. The van der Waals surface area contributed by atoms with Crippen LogP contribution < -0.4 is 9.64 Å². The van der Waals surface area contributed by atoms with E-state index >= 15 is 0 Å². The quantitative estimate of drug-likeness (QED) is 0.578. The summed E-state index contributed by atoms with van der Waals surface area (Å²) in [7, 11) is -3.65. The number of aryl methyl sites for hydroxylation is 1. The van der Waals surface area contributed by atoms with Crippen molar-refractivity contribution in [1.82, 2.24) is 4.98 Å². The Labute approximate surface area is 174 Å². The highest BCUT2D eigenvalue weighted by molar-refractivity contribution is 7.85. The summed E-state index contributed by atoms with van der Waals surface area (Å²) in [5.74, 6) is 0.127. The molecule has 30 heavy (non-hydrogen) atoms. The number of aromatic nitrogens is 1. The monoisotopic (exact) mass is 430 g/mol. The molecule has 2 aromatic carbocycles. The average Bonchev–Trinajstić information content (AvgIpc) is 3.25. The number of carbonyl (C=O) groups is 1. The Morgan fingerprint density at radius 2 is 2.03 bits per heavy atom. The van der Waals surface area contributed by atoms with Crippen molar-refractivity contribution in [3.05, 3.63) is 59.3 Å². The molecule has 1 aromatic heterocycles. The molecule has 0 aliphatic carbocycles. The number of nitrogens with one attached hydrogen (secondary N) is 1. The van der Waals surface area contributed by atoms with Gasteiger partial charge in [0, 0.05) is 30.1 Å². The van der Waals surface area contributed by atoms with Gasteiger partial charge in [0.25, 0.3) is 10.1 Å². The van der Waals surface area contributed by atoms with Gasteiger partial charge in [-0.05, 0) is 23.6 Å². The number of hydrogen-bond acceptors (Lipinski definition) is 5. The van der Waals surface area contributed by atoms with Gasteiger partial charge in [0.15, 0.2) is 0 Å².